The number of amides is 2. The van der Waals surface area contributed by atoms with E-state index in [2.05, 4.69) is 23.6 Å². The topological polar surface area (TPSA) is 40.6 Å². The van der Waals surface area contributed by atoms with Gasteiger partial charge in [0, 0.05) is 24.5 Å². The largest absolute Gasteiger partial charge is 0.331 e. The summed E-state index contributed by atoms with van der Waals surface area (Å²) in [6, 6.07) is 20.0. The summed E-state index contributed by atoms with van der Waals surface area (Å²) in [5, 5.41) is 2.12. The summed E-state index contributed by atoms with van der Waals surface area (Å²) >= 11 is 1.77. The molecule has 0 fully saturated rings. The zero-order chi connectivity index (χ0) is 21.4. The Balaban J connectivity index is 1.49. The van der Waals surface area contributed by atoms with Gasteiger partial charge in [0.2, 0.25) is 11.8 Å². The number of fused-ring (bicyclic) bond motifs is 2. The smallest absolute Gasteiger partial charge is 0.225 e. The fourth-order valence-corrected chi connectivity index (χ4v) is 5.68. The first-order valence-electron chi connectivity index (χ1n) is 10.6. The molecular weight excluding hydrogens is 404 g/mol. The molecule has 5 rings (SSSR count). The lowest BCUT2D eigenvalue weighted by Gasteiger charge is -2.39. The summed E-state index contributed by atoms with van der Waals surface area (Å²) < 4.78 is 0. The average Bonchev–Trinajstić information content (AvgIpc) is 3.28. The van der Waals surface area contributed by atoms with Gasteiger partial charge < -0.3 is 9.80 Å². The van der Waals surface area contributed by atoms with Gasteiger partial charge in [-0.25, -0.2) is 0 Å². The second kappa shape index (κ2) is 8.16. The zero-order valence-corrected chi connectivity index (χ0v) is 18.2. The normalized spacial score (nSPS) is 19.6. The molecule has 4 nitrogen and oxygen atoms in total. The van der Waals surface area contributed by atoms with E-state index >= 15 is 0 Å². The highest BCUT2D eigenvalue weighted by Gasteiger charge is 2.36. The van der Waals surface area contributed by atoms with Crippen LogP contribution >= 0.6 is 11.3 Å². The molecule has 0 bridgehead atoms. The molecule has 2 unspecified atom stereocenters. The Morgan fingerprint density at radius 1 is 1.00 bits per heavy atom. The van der Waals surface area contributed by atoms with Gasteiger partial charge in [-0.15, -0.1) is 11.3 Å². The Morgan fingerprint density at radius 3 is 2.58 bits per heavy atom. The summed E-state index contributed by atoms with van der Waals surface area (Å²) in [7, 11) is 0. The van der Waals surface area contributed by atoms with E-state index < -0.39 is 0 Å². The zero-order valence-electron chi connectivity index (χ0n) is 17.4. The van der Waals surface area contributed by atoms with Gasteiger partial charge in [-0.3, -0.25) is 9.59 Å². The number of nitrogens with zero attached hydrogens (tertiary/aromatic N) is 2. The van der Waals surface area contributed by atoms with Gasteiger partial charge in [0.25, 0.3) is 0 Å². The van der Waals surface area contributed by atoms with Crippen molar-refractivity contribution in [2.75, 3.05) is 6.54 Å². The minimum absolute atomic E-state index is 0.0538. The third kappa shape index (κ3) is 3.59. The van der Waals surface area contributed by atoms with E-state index in [1.54, 1.807) is 23.2 Å². The number of benzene rings is 2. The van der Waals surface area contributed by atoms with Crippen LogP contribution < -0.4 is 0 Å². The molecule has 3 aromatic rings. The Labute approximate surface area is 186 Å². The minimum Gasteiger partial charge on any atom is -0.331 e. The van der Waals surface area contributed by atoms with Crippen molar-refractivity contribution in [3.05, 3.63) is 99.4 Å². The van der Waals surface area contributed by atoms with Crippen LogP contribution in [0.3, 0.4) is 0 Å². The van der Waals surface area contributed by atoms with E-state index in [1.165, 1.54) is 10.4 Å². The number of carbonyl (C=O) groups excluding carboxylic acids is 2. The molecule has 2 aromatic carbocycles. The Kier molecular flexibility index (Phi) is 5.20. The lowest BCUT2D eigenvalue weighted by atomic mass is 9.90. The molecule has 0 aliphatic carbocycles. The van der Waals surface area contributed by atoms with Crippen LogP contribution in [0, 0.1) is 0 Å². The Morgan fingerprint density at radius 2 is 1.77 bits per heavy atom. The monoisotopic (exact) mass is 428 g/mol. The Bertz CT molecular complexity index is 1150. The number of hydrogen-bond donors (Lipinski definition) is 0. The van der Waals surface area contributed by atoms with Gasteiger partial charge in [-0.1, -0.05) is 54.6 Å². The minimum atomic E-state index is -0.286. The van der Waals surface area contributed by atoms with Crippen LogP contribution in [0.2, 0.25) is 0 Å². The Hall–Kier alpha value is -3.18. The predicted octanol–water partition coefficient (Wildman–Crippen LogP) is 5.19. The van der Waals surface area contributed by atoms with Crippen molar-refractivity contribution in [1.29, 1.82) is 0 Å². The van der Waals surface area contributed by atoms with E-state index in [0.717, 1.165) is 23.1 Å². The van der Waals surface area contributed by atoms with Gasteiger partial charge >= 0.3 is 0 Å². The maximum absolute atomic E-state index is 13.7. The summed E-state index contributed by atoms with van der Waals surface area (Å²) in [6.07, 6.45) is 4.90. The van der Waals surface area contributed by atoms with Crippen molar-refractivity contribution >= 4 is 29.2 Å². The molecule has 1 aromatic heterocycles. The molecule has 3 heterocycles. The lowest BCUT2D eigenvalue weighted by molar-refractivity contribution is -0.136. The van der Waals surface area contributed by atoms with Crippen LogP contribution in [0.25, 0.3) is 6.08 Å². The van der Waals surface area contributed by atoms with Gasteiger partial charge in [-0.2, -0.15) is 0 Å². The SMILES string of the molecule is CC(=O)N1C=Cc2ccccc2C1CC(=O)N1CCc2sccc2C1c1ccccc1. The molecule has 0 radical (unpaired) electrons. The van der Waals surface area contributed by atoms with E-state index in [1.807, 2.05) is 59.6 Å². The number of rotatable bonds is 3. The van der Waals surface area contributed by atoms with Gasteiger partial charge in [0.05, 0.1) is 18.5 Å². The fraction of sp³-hybridized carbons (Fsp3) is 0.231. The molecule has 31 heavy (non-hydrogen) atoms. The quantitative estimate of drug-likeness (QED) is 0.576. The van der Waals surface area contributed by atoms with Crippen LogP contribution in [0.4, 0.5) is 0 Å². The maximum Gasteiger partial charge on any atom is 0.225 e. The first-order valence-corrected chi connectivity index (χ1v) is 11.5. The van der Waals surface area contributed by atoms with Crippen molar-refractivity contribution in [1.82, 2.24) is 9.80 Å². The second-order valence-electron chi connectivity index (χ2n) is 8.04. The molecule has 2 aliphatic heterocycles. The first-order chi connectivity index (χ1) is 15.1. The van der Waals surface area contributed by atoms with Crippen molar-refractivity contribution in [3.8, 4) is 0 Å². The second-order valence-corrected chi connectivity index (χ2v) is 9.04. The average molecular weight is 429 g/mol. The highest BCUT2D eigenvalue weighted by Crippen LogP contribution is 2.40. The molecule has 0 spiro atoms. The molecule has 2 aliphatic rings. The maximum atomic E-state index is 13.7. The highest BCUT2D eigenvalue weighted by atomic mass is 32.1. The van der Waals surface area contributed by atoms with Crippen molar-refractivity contribution < 1.29 is 9.59 Å². The lowest BCUT2D eigenvalue weighted by Crippen LogP contribution is -2.42. The van der Waals surface area contributed by atoms with Crippen LogP contribution in [-0.4, -0.2) is 28.2 Å². The van der Waals surface area contributed by atoms with Gasteiger partial charge in [0.15, 0.2) is 0 Å². The molecule has 0 saturated heterocycles. The van der Waals surface area contributed by atoms with Crippen molar-refractivity contribution in [2.45, 2.75) is 31.8 Å². The third-order valence-corrected chi connectivity index (χ3v) is 7.24. The molecule has 0 saturated carbocycles. The van der Waals surface area contributed by atoms with E-state index in [-0.39, 0.29) is 30.3 Å². The highest BCUT2D eigenvalue weighted by molar-refractivity contribution is 7.10. The first kappa shape index (κ1) is 19.8. The number of hydrogen-bond acceptors (Lipinski definition) is 3. The number of thiophene rings is 1. The summed E-state index contributed by atoms with van der Waals surface area (Å²) in [5.74, 6) is 0.0222. The predicted molar refractivity (Wildman–Crippen MR) is 123 cm³/mol. The summed E-state index contributed by atoms with van der Waals surface area (Å²) in [4.78, 5) is 31.1. The molecule has 2 amide bonds. The molecule has 0 N–H and O–H groups in total. The number of carbonyl (C=O) groups is 2. The molecule has 2 atom stereocenters. The van der Waals surface area contributed by atoms with Gasteiger partial charge in [0.1, 0.15) is 0 Å². The van der Waals surface area contributed by atoms with Crippen LogP contribution in [0.15, 0.2) is 72.2 Å². The summed E-state index contributed by atoms with van der Waals surface area (Å²) in [6.45, 7) is 2.25. The van der Waals surface area contributed by atoms with Crippen LogP contribution in [0.1, 0.15) is 52.6 Å². The molecular formula is C26H24N2O2S. The van der Waals surface area contributed by atoms with Crippen molar-refractivity contribution in [2.24, 2.45) is 0 Å². The van der Waals surface area contributed by atoms with E-state index in [9.17, 15) is 9.59 Å². The van der Waals surface area contributed by atoms with Crippen LogP contribution in [0.5, 0.6) is 0 Å². The van der Waals surface area contributed by atoms with E-state index in [4.69, 9.17) is 0 Å². The standard InChI is InChI=1S/C26H24N2O2S/c1-18(29)27-14-11-19-7-5-6-10-21(19)23(27)17-25(30)28-15-12-24-22(13-16-31-24)26(28)20-8-3-2-4-9-20/h2-11,13-14,16,23,26H,12,15,17H2,1H3. The third-order valence-electron chi connectivity index (χ3n) is 6.24. The van der Waals surface area contributed by atoms with Gasteiger partial charge in [-0.05, 0) is 46.2 Å². The van der Waals surface area contributed by atoms with Crippen LogP contribution in [-0.2, 0) is 16.0 Å². The fourth-order valence-electron chi connectivity index (χ4n) is 4.78. The van der Waals surface area contributed by atoms with Crippen molar-refractivity contribution in [3.63, 3.8) is 0 Å². The molecule has 5 heteroatoms. The van der Waals surface area contributed by atoms with E-state index in [0.29, 0.717) is 6.54 Å². The summed E-state index contributed by atoms with van der Waals surface area (Å²) in [5.41, 5.74) is 4.44. The molecule has 156 valence electrons.